The molecule has 1 heterocycles. The van der Waals surface area contributed by atoms with Crippen molar-refractivity contribution in [3.8, 4) is 28.4 Å². The Labute approximate surface area is 292 Å². The number of rotatable bonds is 14. The normalized spacial score (nSPS) is 20.6. The van der Waals surface area contributed by atoms with Crippen molar-refractivity contribution in [2.75, 3.05) is 32.8 Å². The molecule has 48 heavy (non-hydrogen) atoms. The van der Waals surface area contributed by atoms with Gasteiger partial charge in [-0.25, -0.2) is 0 Å². The van der Waals surface area contributed by atoms with Gasteiger partial charge in [0.25, 0.3) is 0 Å². The first-order chi connectivity index (χ1) is 23.2. The predicted octanol–water partition coefficient (Wildman–Crippen LogP) is 9.27. The van der Waals surface area contributed by atoms with Crippen LogP contribution in [0.5, 0.6) is 17.2 Å². The van der Waals surface area contributed by atoms with Crippen molar-refractivity contribution in [3.63, 3.8) is 0 Å². The summed E-state index contributed by atoms with van der Waals surface area (Å²) < 4.78 is 19.1. The molecule has 1 saturated carbocycles. The first-order valence-corrected chi connectivity index (χ1v) is 18.5. The van der Waals surface area contributed by atoms with E-state index in [9.17, 15) is 4.79 Å². The van der Waals surface area contributed by atoms with Gasteiger partial charge in [0, 0.05) is 43.1 Å². The molecule has 1 saturated heterocycles. The van der Waals surface area contributed by atoms with Gasteiger partial charge in [0.1, 0.15) is 29.1 Å². The van der Waals surface area contributed by atoms with E-state index in [2.05, 4.69) is 67.4 Å². The molecule has 2 atom stereocenters. The average molecular weight is 673 g/mol. The van der Waals surface area contributed by atoms with Crippen molar-refractivity contribution in [1.29, 1.82) is 0 Å². The van der Waals surface area contributed by atoms with Crippen LogP contribution in [0.4, 0.5) is 0 Å². The number of nitrogens with zero attached hydrogens (tertiary/aromatic N) is 1. The van der Waals surface area contributed by atoms with Crippen LogP contribution in [-0.2, 0) is 17.8 Å². The first-order valence-electron chi connectivity index (χ1n) is 18.2. The summed E-state index contributed by atoms with van der Waals surface area (Å²) in [5.41, 5.74) is 7.50. The summed E-state index contributed by atoms with van der Waals surface area (Å²) in [5.74, 6) is 3.19. The number of halogens is 1. The van der Waals surface area contributed by atoms with Gasteiger partial charge in [0.2, 0.25) is 0 Å². The zero-order valence-electron chi connectivity index (χ0n) is 29.3. The molecular weight excluding hydrogens is 620 g/mol. The zero-order valence-corrected chi connectivity index (χ0v) is 30.1. The second kappa shape index (κ2) is 15.7. The largest absolute Gasteiger partial charge is 0.493 e. The molecule has 0 bridgehead atoms. The van der Waals surface area contributed by atoms with Gasteiger partial charge in [-0.1, -0.05) is 48.4 Å². The maximum atomic E-state index is 11.7. The topological polar surface area (TPSA) is 60.0 Å². The number of Topliss-reactive ketones (excluding diaryl/α,β-unsaturated/α-hetero) is 1. The molecule has 3 aliphatic rings. The summed E-state index contributed by atoms with van der Waals surface area (Å²) in [4.78, 5) is 14.3. The molecule has 0 unspecified atom stereocenters. The lowest BCUT2D eigenvalue weighted by molar-refractivity contribution is -0.117. The minimum Gasteiger partial charge on any atom is -0.493 e. The van der Waals surface area contributed by atoms with E-state index in [1.165, 1.54) is 53.6 Å². The number of hydrogen-bond donors (Lipinski definition) is 1. The summed E-state index contributed by atoms with van der Waals surface area (Å²) >= 11 is 6.84. The molecule has 0 amide bonds. The highest BCUT2D eigenvalue weighted by Crippen LogP contribution is 2.44. The highest BCUT2D eigenvalue weighted by atomic mass is 35.5. The van der Waals surface area contributed by atoms with Crippen molar-refractivity contribution in [2.45, 2.75) is 104 Å². The van der Waals surface area contributed by atoms with Gasteiger partial charge < -0.3 is 19.5 Å². The third kappa shape index (κ3) is 8.04. The second-order valence-electron chi connectivity index (χ2n) is 14.5. The average Bonchev–Trinajstić information content (AvgIpc) is 3.68. The number of likely N-dealkylation sites (tertiary alicyclic amines) is 1. The van der Waals surface area contributed by atoms with Crippen molar-refractivity contribution < 1.29 is 19.0 Å². The number of piperidine rings is 1. The lowest BCUT2D eigenvalue weighted by Gasteiger charge is -2.42. The molecular formula is C41H53ClN2O4. The van der Waals surface area contributed by atoms with Crippen molar-refractivity contribution >= 4 is 17.4 Å². The summed E-state index contributed by atoms with van der Waals surface area (Å²) in [7, 11) is 0. The molecule has 2 fully saturated rings. The highest BCUT2D eigenvalue weighted by molar-refractivity contribution is 6.32. The molecule has 0 spiro atoms. The number of hydrogen-bond acceptors (Lipinski definition) is 6. The second-order valence-corrected chi connectivity index (χ2v) is 14.9. The van der Waals surface area contributed by atoms with E-state index in [0.717, 1.165) is 62.4 Å². The minimum absolute atomic E-state index is 0.0884. The quantitative estimate of drug-likeness (QED) is 0.172. The van der Waals surface area contributed by atoms with Gasteiger partial charge in [0.05, 0.1) is 18.2 Å². The fourth-order valence-electron chi connectivity index (χ4n) is 7.95. The van der Waals surface area contributed by atoms with Crippen LogP contribution in [-0.4, -0.2) is 49.1 Å². The molecule has 3 aromatic rings. The van der Waals surface area contributed by atoms with E-state index in [4.69, 9.17) is 25.8 Å². The highest BCUT2D eigenvalue weighted by Gasteiger charge is 2.30. The van der Waals surface area contributed by atoms with Crippen LogP contribution < -0.4 is 19.5 Å². The SMILES string of the molecule is CCOc1cc(O[C@H]2CCc3c(-c4cccc(OCCCN5CCCCC5(C)C)c4C)cccc32)c(Cl)cc1CNC[C@@H]1CCC(=O)C1. The zero-order chi connectivity index (χ0) is 33.7. The summed E-state index contributed by atoms with van der Waals surface area (Å²) in [5, 5.41) is 4.10. The van der Waals surface area contributed by atoms with Gasteiger partial charge in [0.15, 0.2) is 0 Å². The molecule has 0 radical (unpaired) electrons. The Balaban J connectivity index is 1.12. The van der Waals surface area contributed by atoms with Crippen LogP contribution in [0.15, 0.2) is 48.5 Å². The Morgan fingerprint density at radius 1 is 0.979 bits per heavy atom. The number of nitrogens with one attached hydrogen (secondary N) is 1. The summed E-state index contributed by atoms with van der Waals surface area (Å²) in [6.07, 6.45) is 9.04. The monoisotopic (exact) mass is 672 g/mol. The summed E-state index contributed by atoms with van der Waals surface area (Å²) in [6.45, 7) is 13.9. The van der Waals surface area contributed by atoms with Gasteiger partial charge in [-0.05, 0) is 125 Å². The molecule has 7 heteroatoms. The van der Waals surface area contributed by atoms with Gasteiger partial charge >= 0.3 is 0 Å². The Morgan fingerprint density at radius 3 is 2.60 bits per heavy atom. The molecule has 3 aromatic carbocycles. The lowest BCUT2D eigenvalue weighted by Crippen LogP contribution is -2.47. The molecule has 1 N–H and O–H groups in total. The summed E-state index contributed by atoms with van der Waals surface area (Å²) in [6, 6.07) is 16.9. The van der Waals surface area contributed by atoms with E-state index in [1.807, 2.05) is 19.1 Å². The lowest BCUT2D eigenvalue weighted by atomic mass is 9.90. The Hall–Kier alpha value is -3.06. The Morgan fingerprint density at radius 2 is 1.81 bits per heavy atom. The molecule has 2 aliphatic carbocycles. The van der Waals surface area contributed by atoms with E-state index < -0.39 is 0 Å². The van der Waals surface area contributed by atoms with Gasteiger partial charge in [-0.3, -0.25) is 9.69 Å². The van der Waals surface area contributed by atoms with Crippen molar-refractivity contribution in [2.24, 2.45) is 5.92 Å². The number of ketones is 1. The standard InChI is InChI=1S/C41H53ClN2O4/c1-5-46-39-25-40(36(42)24-30(39)27-43-26-29-15-16-31(45)23-29)48-38-18-17-34-33(12-8-13-35(34)38)32-11-9-14-37(28(32)2)47-22-10-21-44-20-7-6-19-41(44,3)4/h8-9,11-14,24-25,29,38,43H,5-7,10,15-23,26-27H2,1-4H3/t29-,38+/m1/s1. The number of benzene rings is 3. The molecule has 6 nitrogen and oxygen atoms in total. The van der Waals surface area contributed by atoms with E-state index in [-0.39, 0.29) is 6.10 Å². The Bertz CT molecular complexity index is 1590. The fourth-order valence-corrected chi connectivity index (χ4v) is 8.18. The van der Waals surface area contributed by atoms with E-state index >= 15 is 0 Å². The molecule has 0 aromatic heterocycles. The van der Waals surface area contributed by atoms with Crippen molar-refractivity contribution in [1.82, 2.24) is 10.2 Å². The maximum Gasteiger partial charge on any atom is 0.142 e. The van der Waals surface area contributed by atoms with Crippen LogP contribution >= 0.6 is 11.6 Å². The Kier molecular flexibility index (Phi) is 11.3. The number of fused-ring (bicyclic) bond motifs is 1. The van der Waals surface area contributed by atoms with Crippen molar-refractivity contribution in [3.05, 3.63) is 75.8 Å². The van der Waals surface area contributed by atoms with Crippen LogP contribution in [0.1, 0.15) is 100 Å². The van der Waals surface area contributed by atoms with E-state index in [0.29, 0.717) is 54.0 Å². The van der Waals surface area contributed by atoms with Crippen LogP contribution in [0, 0.1) is 12.8 Å². The van der Waals surface area contributed by atoms with Crippen LogP contribution in [0.25, 0.3) is 11.1 Å². The number of carbonyl (C=O) groups is 1. The first kappa shape index (κ1) is 34.8. The number of ether oxygens (including phenoxy) is 3. The molecule has 258 valence electrons. The fraction of sp³-hybridized carbons (Fsp3) is 0.537. The van der Waals surface area contributed by atoms with Gasteiger partial charge in [-0.15, -0.1) is 0 Å². The van der Waals surface area contributed by atoms with E-state index in [1.54, 1.807) is 0 Å². The maximum absolute atomic E-state index is 11.7. The third-order valence-electron chi connectivity index (χ3n) is 10.7. The number of carbonyl (C=O) groups excluding carboxylic acids is 1. The minimum atomic E-state index is -0.0884. The predicted molar refractivity (Wildman–Crippen MR) is 195 cm³/mol. The van der Waals surface area contributed by atoms with Gasteiger partial charge in [-0.2, -0.15) is 0 Å². The van der Waals surface area contributed by atoms with Crippen LogP contribution in [0.3, 0.4) is 0 Å². The smallest absolute Gasteiger partial charge is 0.142 e. The van der Waals surface area contributed by atoms with Crippen LogP contribution in [0.2, 0.25) is 5.02 Å². The molecule has 1 aliphatic heterocycles. The molecule has 6 rings (SSSR count). The third-order valence-corrected chi connectivity index (χ3v) is 11.0.